The van der Waals surface area contributed by atoms with Crippen LogP contribution in [0.4, 0.5) is 20.8 Å². The van der Waals surface area contributed by atoms with Gasteiger partial charge in [-0.15, -0.1) is 0 Å². The molecule has 3 atom stereocenters. The van der Waals surface area contributed by atoms with E-state index in [0.29, 0.717) is 0 Å². The van der Waals surface area contributed by atoms with Gasteiger partial charge in [-0.2, -0.15) is 0 Å². The van der Waals surface area contributed by atoms with Gasteiger partial charge >= 0.3 is 287 Å². The first-order valence-electron chi connectivity index (χ1n) is 10.8. The van der Waals surface area contributed by atoms with Crippen LogP contribution in [0.15, 0.2) is 91.0 Å². The summed E-state index contributed by atoms with van der Waals surface area (Å²) < 4.78 is 203. The van der Waals surface area contributed by atoms with Crippen LogP contribution < -0.4 is 11.2 Å². The molecule has 3 aromatic carbocycles. The zero-order valence-electron chi connectivity index (χ0n) is 22.8. The standard InChI is InChI=1S/3C6H6AsFO3.3AsFH2O3/c3*8-7(9,10)11-6-4-2-1-3-5-6;3*2-1(3,4)5/h3*1-5H,(H,9,10);3*(H2,3,4,5). The molecule has 0 aliphatic carbocycles. The minimum absolute atomic E-state index is 0.0694. The minimum atomic E-state index is -5.62. The summed E-state index contributed by atoms with van der Waals surface area (Å²) in [5, 5.41) is 0. The van der Waals surface area contributed by atoms with Crippen molar-refractivity contribution < 1.29 is 91.3 Å². The number of benzene rings is 3. The molecular formula is C18H24As6F6O18. The molecule has 0 radical (unpaired) electrons. The van der Waals surface area contributed by atoms with E-state index in [9.17, 15) is 32.0 Å². The van der Waals surface area contributed by atoms with Gasteiger partial charge in [0.1, 0.15) is 0 Å². The second-order valence-corrected chi connectivity index (χ2v) is 19.8. The van der Waals surface area contributed by atoms with Gasteiger partial charge in [-0.1, -0.05) is 0 Å². The summed E-state index contributed by atoms with van der Waals surface area (Å²) in [6.07, 6.45) is 0. The maximum absolute atomic E-state index is 12.0. The Morgan fingerprint density at radius 2 is 0.458 bits per heavy atom. The molecule has 0 spiro atoms. The first kappa shape index (κ1) is 50.8. The van der Waals surface area contributed by atoms with Crippen molar-refractivity contribution in [3.8, 4) is 17.2 Å². The van der Waals surface area contributed by atoms with E-state index in [1.54, 1.807) is 54.6 Å². The van der Waals surface area contributed by atoms with E-state index in [1.807, 2.05) is 0 Å². The van der Waals surface area contributed by atoms with Crippen molar-refractivity contribution >= 4 is 87.9 Å². The van der Waals surface area contributed by atoms with Crippen LogP contribution in [0.1, 0.15) is 0 Å². The van der Waals surface area contributed by atoms with E-state index >= 15 is 0 Å². The number of para-hydroxylation sites is 3. The summed E-state index contributed by atoms with van der Waals surface area (Å²) in [6, 6.07) is 23.0. The van der Waals surface area contributed by atoms with E-state index in [0.717, 1.165) is 0 Å². The normalized spacial score (nSPS) is 14.3. The average Bonchev–Trinajstić information content (AvgIpc) is 2.81. The SMILES string of the molecule is O=[As](O)(F)Oc1ccccc1.O=[As](O)(F)Oc1ccccc1.O=[As](O)(F)Oc1ccccc1.O=[As](O)(O)F.O=[As](O)(O)F.O=[As](O)(O)F. The molecule has 0 heterocycles. The van der Waals surface area contributed by atoms with Gasteiger partial charge in [-0.3, -0.25) is 0 Å². The summed E-state index contributed by atoms with van der Waals surface area (Å²) in [6.45, 7) is 0. The Hall–Kier alpha value is -1.57. The molecule has 3 aromatic rings. The van der Waals surface area contributed by atoms with Crippen molar-refractivity contribution in [3.05, 3.63) is 91.0 Å². The Kier molecular flexibility index (Phi) is 25.2. The van der Waals surface area contributed by atoms with Crippen LogP contribution in [0.2, 0.25) is 0 Å². The van der Waals surface area contributed by atoms with Crippen LogP contribution in [0.5, 0.6) is 17.2 Å². The molecule has 0 saturated heterocycles. The zero-order chi connectivity index (χ0) is 38.5. The second kappa shape index (κ2) is 23.8. The Balaban J connectivity index is -0.000000527. The fourth-order valence-electron chi connectivity index (χ4n) is 1.83. The molecule has 276 valence electrons. The third kappa shape index (κ3) is 59.8. The number of hydrogen-bond donors (Lipinski definition) is 9. The predicted octanol–water partition coefficient (Wildman–Crippen LogP) is -0.900. The van der Waals surface area contributed by atoms with Crippen LogP contribution in [0, 0.1) is 0 Å². The molecule has 9 N–H and O–H groups in total. The van der Waals surface area contributed by atoms with Gasteiger partial charge < -0.3 is 0 Å². The van der Waals surface area contributed by atoms with Crippen molar-refractivity contribution in [2.75, 3.05) is 0 Å². The van der Waals surface area contributed by atoms with E-state index < -0.39 is 87.9 Å². The van der Waals surface area contributed by atoms with Crippen molar-refractivity contribution in [1.82, 2.24) is 0 Å². The second-order valence-electron chi connectivity index (χ2n) is 6.99. The Bertz CT molecular complexity index is 1360. The summed E-state index contributed by atoms with van der Waals surface area (Å²) in [5.41, 5.74) is 0. The summed E-state index contributed by atoms with van der Waals surface area (Å²) >= 11 is -33.2. The predicted molar refractivity (Wildman–Crippen MR) is 146 cm³/mol. The molecule has 48 heavy (non-hydrogen) atoms. The fourth-order valence-corrected chi connectivity index (χ4v) is 4.24. The van der Waals surface area contributed by atoms with Gasteiger partial charge in [0, 0.05) is 0 Å². The molecule has 0 amide bonds. The summed E-state index contributed by atoms with van der Waals surface area (Å²) in [5.74, 6) is 0.208. The molecule has 0 aliphatic heterocycles. The van der Waals surface area contributed by atoms with E-state index in [1.165, 1.54) is 36.4 Å². The topological polar surface area (TPSA) is 312 Å². The van der Waals surface area contributed by atoms with Crippen LogP contribution in [0.3, 0.4) is 0 Å². The van der Waals surface area contributed by atoms with Gasteiger partial charge in [0.05, 0.1) is 0 Å². The molecule has 18 nitrogen and oxygen atoms in total. The molecule has 0 bridgehead atoms. The van der Waals surface area contributed by atoms with E-state index in [2.05, 4.69) is 11.2 Å². The number of rotatable bonds is 6. The van der Waals surface area contributed by atoms with Crippen molar-refractivity contribution in [3.63, 3.8) is 0 Å². The number of halogens is 6. The fraction of sp³-hybridized carbons (Fsp3) is 0. The van der Waals surface area contributed by atoms with E-state index in [-0.39, 0.29) is 17.2 Å². The van der Waals surface area contributed by atoms with E-state index in [4.69, 9.17) is 48.1 Å². The first-order valence-corrected chi connectivity index (χ1v) is 29.5. The molecule has 3 rings (SSSR count). The van der Waals surface area contributed by atoms with Crippen LogP contribution in [-0.2, 0) is 22.4 Å². The first-order chi connectivity index (χ1) is 21.2. The Labute approximate surface area is 285 Å². The zero-order valence-corrected chi connectivity index (χ0v) is 34.1. The van der Waals surface area contributed by atoms with Crippen LogP contribution in [-0.4, -0.2) is 125 Å². The molecule has 0 aromatic heterocycles. The Morgan fingerprint density at radius 3 is 0.562 bits per heavy atom. The van der Waals surface area contributed by atoms with Gasteiger partial charge in [0.15, 0.2) is 0 Å². The van der Waals surface area contributed by atoms with Crippen molar-refractivity contribution in [1.29, 1.82) is 0 Å². The monoisotopic (exact) mass is 1090 g/mol. The summed E-state index contributed by atoms with van der Waals surface area (Å²) in [4.78, 5) is 0. The molecule has 30 heteroatoms. The van der Waals surface area contributed by atoms with Gasteiger partial charge in [-0.25, -0.2) is 0 Å². The quantitative estimate of drug-likeness (QED) is 0.107. The molecular weight excluding hydrogens is 1070 g/mol. The third-order valence-corrected chi connectivity index (χ3v) is 5.63. The molecule has 0 fully saturated rings. The molecule has 0 aliphatic rings. The molecule has 0 saturated carbocycles. The Morgan fingerprint density at radius 1 is 0.333 bits per heavy atom. The summed E-state index contributed by atoms with van der Waals surface area (Å²) in [7, 11) is 0. The maximum atomic E-state index is 12.0. The molecule has 3 unspecified atom stereocenters. The number of hydrogen-bond acceptors (Lipinski definition) is 9. The van der Waals surface area contributed by atoms with Gasteiger partial charge in [0.2, 0.25) is 0 Å². The van der Waals surface area contributed by atoms with Crippen molar-refractivity contribution in [2.24, 2.45) is 0 Å². The van der Waals surface area contributed by atoms with Crippen LogP contribution >= 0.6 is 0 Å². The third-order valence-electron chi connectivity index (χ3n) is 2.88. The van der Waals surface area contributed by atoms with Gasteiger partial charge in [-0.05, 0) is 0 Å². The van der Waals surface area contributed by atoms with Crippen molar-refractivity contribution in [2.45, 2.75) is 0 Å². The van der Waals surface area contributed by atoms with Crippen LogP contribution in [0.25, 0.3) is 0 Å². The average molecular weight is 1090 g/mol. The van der Waals surface area contributed by atoms with Gasteiger partial charge in [0.25, 0.3) is 0 Å².